The molecule has 0 fully saturated rings. The Morgan fingerprint density at radius 3 is 1.46 bits per heavy atom. The number of hydrogen-bond acceptors (Lipinski definition) is 2. The average Bonchev–Trinajstić information content (AvgIpc) is 3.19. The van der Waals surface area contributed by atoms with Crippen molar-refractivity contribution in [2.75, 3.05) is 0 Å². The lowest BCUT2D eigenvalue weighted by Gasteiger charge is -2.06. The summed E-state index contributed by atoms with van der Waals surface area (Å²) in [7, 11) is 0. The highest BCUT2D eigenvalue weighted by Gasteiger charge is 2.14. The van der Waals surface area contributed by atoms with Crippen LogP contribution < -0.4 is 0 Å². The number of fused-ring (bicyclic) bond motifs is 2. The quantitative estimate of drug-likeness (QED) is 0.444. The van der Waals surface area contributed by atoms with Gasteiger partial charge in [0.2, 0.25) is 0 Å². The molecule has 0 aliphatic rings. The van der Waals surface area contributed by atoms with E-state index in [4.69, 9.17) is 10.2 Å². The summed E-state index contributed by atoms with van der Waals surface area (Å²) in [5, 5.41) is 12.0. The summed E-state index contributed by atoms with van der Waals surface area (Å²) in [5.41, 5.74) is 6.93. The van der Waals surface area contributed by atoms with Gasteiger partial charge in [0.15, 0.2) is 0 Å². The molecule has 28 heavy (non-hydrogen) atoms. The van der Waals surface area contributed by atoms with Crippen LogP contribution in [0.5, 0.6) is 0 Å². The van der Waals surface area contributed by atoms with Crippen molar-refractivity contribution in [3.05, 3.63) is 95.3 Å². The maximum Gasteiger partial charge on any atom is 0.0711 e. The normalized spacial score (nSPS) is 11.5. The Morgan fingerprint density at radius 1 is 0.607 bits per heavy atom. The van der Waals surface area contributed by atoms with E-state index in [-0.39, 0.29) is 0 Å². The summed E-state index contributed by atoms with van der Waals surface area (Å²) >= 11 is 0. The van der Waals surface area contributed by atoms with Gasteiger partial charge in [-0.1, -0.05) is 60.7 Å². The molecule has 0 atom stereocenters. The molecule has 5 rings (SSSR count). The van der Waals surface area contributed by atoms with Crippen LogP contribution in [-0.4, -0.2) is 19.6 Å². The van der Waals surface area contributed by atoms with Crippen molar-refractivity contribution in [2.45, 2.75) is 26.9 Å². The van der Waals surface area contributed by atoms with Gasteiger partial charge >= 0.3 is 0 Å². The van der Waals surface area contributed by atoms with Crippen molar-refractivity contribution in [3.63, 3.8) is 0 Å². The SMILES string of the molecule is Cc1nn(Cc2ccccc2)c2cc3c(cc12)c(C)nn3Cc1ccccc1. The standard InChI is InChI=1S/C24H22N4/c1-17-21-13-22-18(2)26-28(16-20-11-7-4-8-12-20)24(22)14-23(21)27(25-17)15-19-9-5-3-6-10-19/h3-14H,15-16H2,1-2H3. The first-order valence-corrected chi connectivity index (χ1v) is 9.61. The van der Waals surface area contributed by atoms with Gasteiger partial charge in [0, 0.05) is 10.8 Å². The topological polar surface area (TPSA) is 35.6 Å². The second-order valence-corrected chi connectivity index (χ2v) is 7.34. The molecule has 2 heterocycles. The summed E-state index contributed by atoms with van der Waals surface area (Å²) < 4.78 is 4.21. The third-order valence-electron chi connectivity index (χ3n) is 5.34. The van der Waals surface area contributed by atoms with E-state index in [2.05, 4.69) is 83.9 Å². The van der Waals surface area contributed by atoms with Gasteiger partial charge in [0.1, 0.15) is 0 Å². The van der Waals surface area contributed by atoms with E-state index >= 15 is 0 Å². The van der Waals surface area contributed by atoms with Gasteiger partial charge < -0.3 is 0 Å². The van der Waals surface area contributed by atoms with Gasteiger partial charge in [-0.05, 0) is 37.1 Å². The van der Waals surface area contributed by atoms with Crippen molar-refractivity contribution >= 4 is 21.8 Å². The fourth-order valence-electron chi connectivity index (χ4n) is 3.92. The minimum atomic E-state index is 0.766. The van der Waals surface area contributed by atoms with Gasteiger partial charge in [-0.3, -0.25) is 9.36 Å². The molecule has 0 radical (unpaired) electrons. The van der Waals surface area contributed by atoms with Gasteiger partial charge in [-0.15, -0.1) is 0 Å². The van der Waals surface area contributed by atoms with Crippen LogP contribution in [-0.2, 0) is 13.1 Å². The maximum absolute atomic E-state index is 4.82. The largest absolute Gasteiger partial charge is 0.260 e. The molecular formula is C24H22N4. The van der Waals surface area contributed by atoms with Crippen LogP contribution in [0.2, 0.25) is 0 Å². The second kappa shape index (κ2) is 6.64. The average molecular weight is 366 g/mol. The van der Waals surface area contributed by atoms with Gasteiger partial charge in [-0.25, -0.2) is 0 Å². The number of rotatable bonds is 4. The van der Waals surface area contributed by atoms with Crippen molar-refractivity contribution in [3.8, 4) is 0 Å². The van der Waals surface area contributed by atoms with E-state index < -0.39 is 0 Å². The highest BCUT2D eigenvalue weighted by molar-refractivity contribution is 5.97. The zero-order chi connectivity index (χ0) is 19.1. The van der Waals surface area contributed by atoms with Gasteiger partial charge in [0.05, 0.1) is 35.5 Å². The molecule has 0 N–H and O–H groups in total. The summed E-state index contributed by atoms with van der Waals surface area (Å²) in [5.74, 6) is 0. The first-order chi connectivity index (χ1) is 13.7. The minimum Gasteiger partial charge on any atom is -0.260 e. The van der Waals surface area contributed by atoms with Crippen LogP contribution in [0.1, 0.15) is 22.5 Å². The van der Waals surface area contributed by atoms with Crippen molar-refractivity contribution < 1.29 is 0 Å². The molecular weight excluding hydrogens is 344 g/mol. The molecule has 0 unspecified atom stereocenters. The monoisotopic (exact) mass is 366 g/mol. The number of benzene rings is 3. The summed E-state index contributed by atoms with van der Waals surface area (Å²) in [6.45, 7) is 5.70. The van der Waals surface area contributed by atoms with E-state index in [0.29, 0.717) is 0 Å². The molecule has 0 saturated carbocycles. The second-order valence-electron chi connectivity index (χ2n) is 7.34. The first kappa shape index (κ1) is 16.8. The Bertz CT molecular complexity index is 1170. The molecule has 0 aliphatic heterocycles. The molecule has 138 valence electrons. The lowest BCUT2D eigenvalue weighted by Crippen LogP contribution is -2.03. The molecule has 2 aromatic heterocycles. The number of hydrogen-bond donors (Lipinski definition) is 0. The highest BCUT2D eigenvalue weighted by Crippen LogP contribution is 2.28. The van der Waals surface area contributed by atoms with Crippen molar-refractivity contribution in [1.29, 1.82) is 0 Å². The Kier molecular flexibility index (Phi) is 3.97. The molecule has 4 heteroatoms. The van der Waals surface area contributed by atoms with Crippen LogP contribution >= 0.6 is 0 Å². The summed E-state index contributed by atoms with van der Waals surface area (Å²) in [6, 6.07) is 25.5. The van der Waals surface area contributed by atoms with Crippen LogP contribution in [0.15, 0.2) is 72.8 Å². The Morgan fingerprint density at radius 2 is 1.04 bits per heavy atom. The molecule has 0 aliphatic carbocycles. The molecule has 3 aromatic carbocycles. The number of aryl methyl sites for hydroxylation is 2. The molecule has 4 nitrogen and oxygen atoms in total. The number of nitrogens with zero attached hydrogens (tertiary/aromatic N) is 4. The summed E-state index contributed by atoms with van der Waals surface area (Å²) in [6.07, 6.45) is 0. The maximum atomic E-state index is 4.82. The van der Waals surface area contributed by atoms with Crippen LogP contribution in [0.25, 0.3) is 21.8 Å². The third kappa shape index (κ3) is 2.87. The Hall–Kier alpha value is -3.40. The zero-order valence-corrected chi connectivity index (χ0v) is 16.1. The molecule has 0 saturated heterocycles. The first-order valence-electron chi connectivity index (χ1n) is 9.61. The molecule has 5 aromatic rings. The smallest absolute Gasteiger partial charge is 0.0711 e. The lowest BCUT2D eigenvalue weighted by molar-refractivity contribution is 0.697. The fourth-order valence-corrected chi connectivity index (χ4v) is 3.92. The van der Waals surface area contributed by atoms with Crippen LogP contribution in [0.3, 0.4) is 0 Å². The van der Waals surface area contributed by atoms with Crippen LogP contribution in [0.4, 0.5) is 0 Å². The predicted molar refractivity (Wildman–Crippen MR) is 114 cm³/mol. The van der Waals surface area contributed by atoms with Crippen LogP contribution in [0, 0.1) is 13.8 Å². The van der Waals surface area contributed by atoms with Crippen molar-refractivity contribution in [1.82, 2.24) is 19.6 Å². The Labute approximate surface area is 164 Å². The van der Waals surface area contributed by atoms with Gasteiger partial charge in [0.25, 0.3) is 0 Å². The van der Waals surface area contributed by atoms with E-state index in [1.807, 2.05) is 12.1 Å². The fraction of sp³-hybridized carbons (Fsp3) is 0.167. The minimum absolute atomic E-state index is 0.766. The van der Waals surface area contributed by atoms with E-state index in [9.17, 15) is 0 Å². The number of aromatic nitrogens is 4. The van der Waals surface area contributed by atoms with Crippen molar-refractivity contribution in [2.24, 2.45) is 0 Å². The Balaban J connectivity index is 1.65. The zero-order valence-electron chi connectivity index (χ0n) is 16.1. The van der Waals surface area contributed by atoms with E-state index in [1.54, 1.807) is 0 Å². The van der Waals surface area contributed by atoms with E-state index in [0.717, 1.165) is 35.5 Å². The summed E-state index contributed by atoms with van der Waals surface area (Å²) in [4.78, 5) is 0. The van der Waals surface area contributed by atoms with E-state index in [1.165, 1.54) is 21.9 Å². The molecule has 0 amide bonds. The molecule has 0 spiro atoms. The highest BCUT2D eigenvalue weighted by atomic mass is 15.3. The van der Waals surface area contributed by atoms with Gasteiger partial charge in [-0.2, -0.15) is 10.2 Å². The third-order valence-corrected chi connectivity index (χ3v) is 5.34. The molecule has 0 bridgehead atoms. The predicted octanol–water partition coefficient (Wildman–Crippen LogP) is 5.10. The lowest BCUT2D eigenvalue weighted by atomic mass is 10.1.